The minimum atomic E-state index is -0.215. The van der Waals surface area contributed by atoms with Gasteiger partial charge in [-0.25, -0.2) is 0 Å². The molecule has 0 spiro atoms. The van der Waals surface area contributed by atoms with Crippen molar-refractivity contribution in [3.8, 4) is 12.3 Å². The third kappa shape index (κ3) is 6.66. The summed E-state index contributed by atoms with van der Waals surface area (Å²) in [5, 5.41) is 9.65. The van der Waals surface area contributed by atoms with Gasteiger partial charge in [0.25, 0.3) is 0 Å². The van der Waals surface area contributed by atoms with Crippen molar-refractivity contribution in [2.24, 2.45) is 11.8 Å². The maximum absolute atomic E-state index is 9.65. The van der Waals surface area contributed by atoms with Crippen molar-refractivity contribution in [1.82, 2.24) is 0 Å². The van der Waals surface area contributed by atoms with Crippen LogP contribution in [0.15, 0.2) is 0 Å². The summed E-state index contributed by atoms with van der Waals surface area (Å²) < 4.78 is 0. The zero-order valence-electron chi connectivity index (χ0n) is 9.09. The fourth-order valence-corrected chi connectivity index (χ4v) is 1.65. The van der Waals surface area contributed by atoms with Gasteiger partial charge in [0, 0.05) is 5.92 Å². The summed E-state index contributed by atoms with van der Waals surface area (Å²) in [4.78, 5) is 0. The van der Waals surface area contributed by atoms with E-state index in [1.165, 1.54) is 12.8 Å². The van der Waals surface area contributed by atoms with E-state index in [2.05, 4.69) is 19.8 Å². The second-order valence-electron chi connectivity index (χ2n) is 4.09. The molecule has 0 heterocycles. The first-order valence-electron chi connectivity index (χ1n) is 5.24. The molecule has 1 nitrogen and oxygen atoms in total. The molecule has 0 aromatic heterocycles. The third-order valence-corrected chi connectivity index (χ3v) is 2.37. The predicted octanol–water partition coefficient (Wildman–Crippen LogP) is 2.83. The Labute approximate surface area is 82.5 Å². The standard InChI is InChI=1S/C12H22O/c1-5-7-11(4)9-12(13)8-10(3)6-2/h2,10-13H,5,7-9H2,1,3-4H3/t10-,11+,12+/m1/s1. The summed E-state index contributed by atoms with van der Waals surface area (Å²) in [6.07, 6.45) is 9.05. The summed E-state index contributed by atoms with van der Waals surface area (Å²) in [5.74, 6) is 3.45. The molecule has 0 amide bonds. The minimum Gasteiger partial charge on any atom is -0.393 e. The Balaban J connectivity index is 3.61. The van der Waals surface area contributed by atoms with Crippen LogP contribution in [0.4, 0.5) is 0 Å². The molecule has 1 N–H and O–H groups in total. The Morgan fingerprint density at radius 2 is 1.92 bits per heavy atom. The van der Waals surface area contributed by atoms with Gasteiger partial charge in [-0.1, -0.05) is 33.6 Å². The average Bonchev–Trinajstić information content (AvgIpc) is 2.04. The van der Waals surface area contributed by atoms with Crippen molar-refractivity contribution >= 4 is 0 Å². The molecule has 0 aromatic carbocycles. The summed E-state index contributed by atoms with van der Waals surface area (Å²) in [6, 6.07) is 0. The number of hydrogen-bond donors (Lipinski definition) is 1. The smallest absolute Gasteiger partial charge is 0.0554 e. The lowest BCUT2D eigenvalue weighted by Gasteiger charge is -2.16. The van der Waals surface area contributed by atoms with Gasteiger partial charge in [-0.3, -0.25) is 0 Å². The lowest BCUT2D eigenvalue weighted by atomic mass is 9.94. The van der Waals surface area contributed by atoms with E-state index in [9.17, 15) is 5.11 Å². The van der Waals surface area contributed by atoms with Gasteiger partial charge in [-0.15, -0.1) is 12.3 Å². The molecule has 3 atom stereocenters. The zero-order chi connectivity index (χ0) is 10.3. The largest absolute Gasteiger partial charge is 0.393 e. The first-order chi connectivity index (χ1) is 6.10. The Hall–Kier alpha value is -0.480. The van der Waals surface area contributed by atoms with E-state index >= 15 is 0 Å². The lowest BCUT2D eigenvalue weighted by molar-refractivity contribution is 0.125. The molecular weight excluding hydrogens is 160 g/mol. The SMILES string of the molecule is C#C[C@@H](C)C[C@H](O)C[C@@H](C)CCC. The topological polar surface area (TPSA) is 20.2 Å². The van der Waals surface area contributed by atoms with E-state index in [0.717, 1.165) is 12.8 Å². The highest BCUT2D eigenvalue weighted by atomic mass is 16.3. The van der Waals surface area contributed by atoms with Gasteiger partial charge in [0.1, 0.15) is 0 Å². The minimum absolute atomic E-state index is 0.198. The molecule has 0 fully saturated rings. The van der Waals surface area contributed by atoms with E-state index in [0.29, 0.717) is 5.92 Å². The monoisotopic (exact) mass is 182 g/mol. The number of terminal acetylenes is 1. The molecule has 76 valence electrons. The number of aliphatic hydroxyl groups is 1. The molecule has 0 rings (SSSR count). The highest BCUT2D eigenvalue weighted by molar-refractivity contribution is 4.91. The van der Waals surface area contributed by atoms with Crippen LogP contribution in [-0.4, -0.2) is 11.2 Å². The normalized spacial score (nSPS) is 17.5. The molecule has 0 saturated heterocycles. The third-order valence-electron chi connectivity index (χ3n) is 2.37. The fraction of sp³-hybridized carbons (Fsp3) is 0.833. The summed E-state index contributed by atoms with van der Waals surface area (Å²) in [7, 11) is 0. The van der Waals surface area contributed by atoms with Crippen molar-refractivity contribution in [3.05, 3.63) is 0 Å². The maximum Gasteiger partial charge on any atom is 0.0554 e. The van der Waals surface area contributed by atoms with E-state index < -0.39 is 0 Å². The molecule has 0 unspecified atom stereocenters. The Morgan fingerprint density at radius 3 is 2.38 bits per heavy atom. The number of rotatable bonds is 6. The molecule has 1 heteroatoms. The van der Waals surface area contributed by atoms with Crippen LogP contribution in [0.5, 0.6) is 0 Å². The molecule has 13 heavy (non-hydrogen) atoms. The van der Waals surface area contributed by atoms with Crippen LogP contribution in [0.1, 0.15) is 46.5 Å². The van der Waals surface area contributed by atoms with E-state index in [1.54, 1.807) is 0 Å². The lowest BCUT2D eigenvalue weighted by Crippen LogP contribution is -2.14. The maximum atomic E-state index is 9.65. The second kappa shape index (κ2) is 6.97. The van der Waals surface area contributed by atoms with E-state index in [4.69, 9.17) is 6.42 Å². The molecular formula is C12H22O. The first kappa shape index (κ1) is 12.5. The van der Waals surface area contributed by atoms with E-state index in [-0.39, 0.29) is 12.0 Å². The Morgan fingerprint density at radius 1 is 1.31 bits per heavy atom. The molecule has 0 aromatic rings. The van der Waals surface area contributed by atoms with E-state index in [1.807, 2.05) is 6.92 Å². The van der Waals surface area contributed by atoms with Gasteiger partial charge < -0.3 is 5.11 Å². The van der Waals surface area contributed by atoms with Gasteiger partial charge in [0.15, 0.2) is 0 Å². The molecule has 0 aliphatic heterocycles. The van der Waals surface area contributed by atoms with Gasteiger partial charge >= 0.3 is 0 Å². The summed E-state index contributed by atoms with van der Waals surface area (Å²) in [5.41, 5.74) is 0. The van der Waals surface area contributed by atoms with Crippen LogP contribution in [-0.2, 0) is 0 Å². The van der Waals surface area contributed by atoms with Crippen molar-refractivity contribution in [2.45, 2.75) is 52.6 Å². The number of aliphatic hydroxyl groups excluding tert-OH is 1. The highest BCUT2D eigenvalue weighted by Crippen LogP contribution is 2.16. The van der Waals surface area contributed by atoms with Crippen LogP contribution in [0, 0.1) is 24.2 Å². The van der Waals surface area contributed by atoms with Gasteiger partial charge in [0.05, 0.1) is 6.10 Å². The molecule has 0 radical (unpaired) electrons. The highest BCUT2D eigenvalue weighted by Gasteiger charge is 2.11. The van der Waals surface area contributed by atoms with Gasteiger partial charge in [-0.05, 0) is 18.8 Å². The predicted molar refractivity (Wildman–Crippen MR) is 57.3 cm³/mol. The molecule has 0 bridgehead atoms. The quantitative estimate of drug-likeness (QED) is 0.626. The van der Waals surface area contributed by atoms with Crippen LogP contribution in [0.25, 0.3) is 0 Å². The molecule has 0 aliphatic carbocycles. The molecule has 0 aliphatic rings. The van der Waals surface area contributed by atoms with Crippen molar-refractivity contribution in [3.63, 3.8) is 0 Å². The van der Waals surface area contributed by atoms with Gasteiger partial charge in [0.2, 0.25) is 0 Å². The summed E-state index contributed by atoms with van der Waals surface area (Å²) in [6.45, 7) is 6.34. The zero-order valence-corrected chi connectivity index (χ0v) is 9.09. The van der Waals surface area contributed by atoms with Crippen molar-refractivity contribution in [2.75, 3.05) is 0 Å². The summed E-state index contributed by atoms with van der Waals surface area (Å²) >= 11 is 0. The van der Waals surface area contributed by atoms with Crippen LogP contribution < -0.4 is 0 Å². The average molecular weight is 182 g/mol. The fourth-order valence-electron chi connectivity index (χ4n) is 1.65. The Bertz CT molecular complexity index is 157. The Kier molecular flexibility index (Phi) is 6.72. The van der Waals surface area contributed by atoms with Crippen LogP contribution in [0.2, 0.25) is 0 Å². The number of hydrogen-bond acceptors (Lipinski definition) is 1. The second-order valence-corrected chi connectivity index (χ2v) is 4.09. The van der Waals surface area contributed by atoms with Crippen LogP contribution in [0.3, 0.4) is 0 Å². The van der Waals surface area contributed by atoms with Gasteiger partial charge in [-0.2, -0.15) is 0 Å². The van der Waals surface area contributed by atoms with Crippen molar-refractivity contribution in [1.29, 1.82) is 0 Å². The van der Waals surface area contributed by atoms with Crippen molar-refractivity contribution < 1.29 is 5.11 Å². The van der Waals surface area contributed by atoms with Crippen LogP contribution >= 0.6 is 0 Å². The molecule has 0 saturated carbocycles. The first-order valence-corrected chi connectivity index (χ1v) is 5.24.